The van der Waals surface area contributed by atoms with Gasteiger partial charge in [0.05, 0.1) is 24.2 Å². The molecule has 0 bridgehead atoms. The van der Waals surface area contributed by atoms with Crippen molar-refractivity contribution in [3.63, 3.8) is 0 Å². The lowest BCUT2D eigenvalue weighted by Gasteiger charge is -2.34. The molecule has 0 unspecified atom stereocenters. The molecule has 2 aromatic rings. The van der Waals surface area contributed by atoms with Gasteiger partial charge < -0.3 is 14.2 Å². The third-order valence-corrected chi connectivity index (χ3v) is 3.67. The van der Waals surface area contributed by atoms with Gasteiger partial charge in [-0.15, -0.1) is 0 Å². The highest BCUT2D eigenvalue weighted by atomic mass is 32.1. The predicted molar refractivity (Wildman–Crippen MR) is 76.4 cm³/mol. The van der Waals surface area contributed by atoms with Crippen LogP contribution in [0.4, 0.5) is 5.82 Å². The lowest BCUT2D eigenvalue weighted by Crippen LogP contribution is -2.48. The second-order valence-electron chi connectivity index (χ2n) is 4.43. The fourth-order valence-corrected chi connectivity index (χ4v) is 2.53. The molecule has 0 spiro atoms. The highest BCUT2D eigenvalue weighted by Crippen LogP contribution is 2.13. The van der Waals surface area contributed by atoms with Crippen LogP contribution in [0.1, 0.15) is 5.76 Å². The Kier molecular flexibility index (Phi) is 3.78. The Balaban J connectivity index is 1.54. The summed E-state index contributed by atoms with van der Waals surface area (Å²) in [6, 6.07) is 3.61. The van der Waals surface area contributed by atoms with E-state index in [1.807, 2.05) is 11.0 Å². The summed E-state index contributed by atoms with van der Waals surface area (Å²) in [7, 11) is 0. The molecule has 3 heterocycles. The zero-order valence-electron chi connectivity index (χ0n) is 10.8. The number of amides is 1. The summed E-state index contributed by atoms with van der Waals surface area (Å²) in [5.41, 5.74) is 0. The number of anilines is 1. The van der Waals surface area contributed by atoms with Gasteiger partial charge in [-0.2, -0.15) is 8.75 Å². The lowest BCUT2D eigenvalue weighted by molar-refractivity contribution is -0.126. The molecule has 1 aliphatic rings. The maximum Gasteiger partial charge on any atom is 0.246 e. The third kappa shape index (κ3) is 2.88. The van der Waals surface area contributed by atoms with Crippen molar-refractivity contribution >= 4 is 29.5 Å². The summed E-state index contributed by atoms with van der Waals surface area (Å²) in [6.07, 6.45) is 6.60. The van der Waals surface area contributed by atoms with Crippen molar-refractivity contribution in [3.05, 3.63) is 36.4 Å². The maximum absolute atomic E-state index is 12.0. The molecule has 0 N–H and O–H groups in total. The standard InChI is InChI=1S/C13H14N4O2S/c18-13(4-3-11-2-1-9-19-11)17-7-5-16(6-8-17)12-10-14-20-15-12/h1-4,9-10H,5-8H2/b4-3+. The summed E-state index contributed by atoms with van der Waals surface area (Å²) in [5, 5.41) is 0. The summed E-state index contributed by atoms with van der Waals surface area (Å²) in [5.74, 6) is 1.59. The van der Waals surface area contributed by atoms with Gasteiger partial charge in [-0.25, -0.2) is 0 Å². The van der Waals surface area contributed by atoms with Crippen LogP contribution >= 0.6 is 11.7 Å². The minimum atomic E-state index is 0.0115. The van der Waals surface area contributed by atoms with E-state index in [1.54, 1.807) is 30.7 Å². The first-order chi connectivity index (χ1) is 9.83. The van der Waals surface area contributed by atoms with Gasteiger partial charge in [0, 0.05) is 32.3 Å². The van der Waals surface area contributed by atoms with E-state index in [-0.39, 0.29) is 5.91 Å². The van der Waals surface area contributed by atoms with Crippen LogP contribution in [0.2, 0.25) is 0 Å². The van der Waals surface area contributed by atoms with E-state index in [2.05, 4.69) is 13.6 Å². The Bertz CT molecular complexity index is 572. The summed E-state index contributed by atoms with van der Waals surface area (Å²) >= 11 is 1.20. The van der Waals surface area contributed by atoms with Gasteiger partial charge in [0.2, 0.25) is 5.91 Å². The Morgan fingerprint density at radius 2 is 2.20 bits per heavy atom. The summed E-state index contributed by atoms with van der Waals surface area (Å²) in [4.78, 5) is 16.0. The van der Waals surface area contributed by atoms with E-state index < -0.39 is 0 Å². The van der Waals surface area contributed by atoms with E-state index in [9.17, 15) is 4.79 Å². The summed E-state index contributed by atoms with van der Waals surface area (Å²) < 4.78 is 13.4. The topological polar surface area (TPSA) is 62.5 Å². The molecule has 3 rings (SSSR count). The van der Waals surface area contributed by atoms with Crippen molar-refractivity contribution in [3.8, 4) is 0 Å². The van der Waals surface area contributed by atoms with Crippen molar-refractivity contribution < 1.29 is 9.21 Å². The van der Waals surface area contributed by atoms with E-state index in [4.69, 9.17) is 4.42 Å². The number of rotatable bonds is 3. The molecule has 1 fully saturated rings. The van der Waals surface area contributed by atoms with Gasteiger partial charge >= 0.3 is 0 Å². The molecule has 0 aliphatic carbocycles. The maximum atomic E-state index is 12.0. The van der Waals surface area contributed by atoms with Crippen LogP contribution in [0.25, 0.3) is 6.08 Å². The number of piperazine rings is 1. The Labute approximate surface area is 120 Å². The van der Waals surface area contributed by atoms with E-state index >= 15 is 0 Å². The van der Waals surface area contributed by atoms with E-state index in [0.29, 0.717) is 18.8 Å². The van der Waals surface area contributed by atoms with Gasteiger partial charge in [-0.1, -0.05) is 0 Å². The van der Waals surface area contributed by atoms with Crippen LogP contribution < -0.4 is 4.90 Å². The average molecular weight is 290 g/mol. The van der Waals surface area contributed by atoms with E-state index in [0.717, 1.165) is 18.9 Å². The van der Waals surface area contributed by atoms with Crippen LogP contribution in [-0.4, -0.2) is 45.7 Å². The minimum absolute atomic E-state index is 0.0115. The third-order valence-electron chi connectivity index (χ3n) is 3.20. The summed E-state index contributed by atoms with van der Waals surface area (Å²) in [6.45, 7) is 2.95. The molecule has 1 aliphatic heterocycles. The molecule has 20 heavy (non-hydrogen) atoms. The molecule has 1 amide bonds. The Hall–Kier alpha value is -2.15. The lowest BCUT2D eigenvalue weighted by atomic mass is 10.3. The zero-order valence-corrected chi connectivity index (χ0v) is 11.6. The Morgan fingerprint density at radius 3 is 2.85 bits per heavy atom. The largest absolute Gasteiger partial charge is 0.465 e. The molecule has 104 valence electrons. The first kappa shape index (κ1) is 12.9. The SMILES string of the molecule is O=C(/C=C/c1ccco1)N1CCN(c2cnsn2)CC1. The number of hydrogen-bond acceptors (Lipinski definition) is 6. The van der Waals surface area contributed by atoms with Gasteiger partial charge in [0.15, 0.2) is 5.82 Å². The first-order valence-electron chi connectivity index (χ1n) is 6.36. The van der Waals surface area contributed by atoms with Gasteiger partial charge in [0.25, 0.3) is 0 Å². The quantitative estimate of drug-likeness (QED) is 0.802. The number of carbonyl (C=O) groups is 1. The van der Waals surface area contributed by atoms with Crippen molar-refractivity contribution in [2.75, 3.05) is 31.1 Å². The molecule has 0 atom stereocenters. The fourth-order valence-electron chi connectivity index (χ4n) is 2.10. The monoisotopic (exact) mass is 290 g/mol. The van der Waals surface area contributed by atoms with Crippen LogP contribution in [0.15, 0.2) is 35.1 Å². The smallest absolute Gasteiger partial charge is 0.246 e. The van der Waals surface area contributed by atoms with Gasteiger partial charge in [-0.3, -0.25) is 4.79 Å². The fraction of sp³-hybridized carbons (Fsp3) is 0.308. The Morgan fingerprint density at radius 1 is 1.35 bits per heavy atom. The van der Waals surface area contributed by atoms with Crippen molar-refractivity contribution in [2.45, 2.75) is 0 Å². The number of hydrogen-bond donors (Lipinski definition) is 0. The average Bonchev–Trinajstić information content (AvgIpc) is 3.18. The zero-order chi connectivity index (χ0) is 13.8. The molecular formula is C13H14N4O2S. The molecule has 7 heteroatoms. The van der Waals surface area contributed by atoms with Crippen LogP contribution in [-0.2, 0) is 4.79 Å². The number of aromatic nitrogens is 2. The second kappa shape index (κ2) is 5.87. The molecule has 2 aromatic heterocycles. The number of carbonyl (C=O) groups excluding carboxylic acids is 1. The van der Waals surface area contributed by atoms with Crippen LogP contribution in [0.3, 0.4) is 0 Å². The highest BCUT2D eigenvalue weighted by Gasteiger charge is 2.20. The molecule has 1 saturated heterocycles. The number of nitrogens with zero attached hydrogens (tertiary/aromatic N) is 4. The minimum Gasteiger partial charge on any atom is -0.465 e. The van der Waals surface area contributed by atoms with Crippen molar-refractivity contribution in [1.82, 2.24) is 13.6 Å². The highest BCUT2D eigenvalue weighted by molar-refractivity contribution is 6.99. The van der Waals surface area contributed by atoms with Gasteiger partial charge in [-0.05, 0) is 18.2 Å². The molecule has 6 nitrogen and oxygen atoms in total. The normalized spacial score (nSPS) is 16.0. The van der Waals surface area contributed by atoms with Crippen molar-refractivity contribution in [2.24, 2.45) is 0 Å². The second-order valence-corrected chi connectivity index (χ2v) is 4.98. The number of furan rings is 1. The molecular weight excluding hydrogens is 276 g/mol. The first-order valence-corrected chi connectivity index (χ1v) is 7.09. The van der Waals surface area contributed by atoms with Crippen LogP contribution in [0, 0.1) is 0 Å². The van der Waals surface area contributed by atoms with Crippen LogP contribution in [0.5, 0.6) is 0 Å². The molecule has 0 saturated carbocycles. The van der Waals surface area contributed by atoms with Gasteiger partial charge in [0.1, 0.15) is 5.76 Å². The predicted octanol–water partition coefficient (Wildman–Crippen LogP) is 1.49. The van der Waals surface area contributed by atoms with Crippen molar-refractivity contribution in [1.29, 1.82) is 0 Å². The van der Waals surface area contributed by atoms with E-state index in [1.165, 1.54) is 11.7 Å². The molecule has 0 radical (unpaired) electrons. The molecule has 0 aromatic carbocycles.